The molecule has 0 aliphatic heterocycles. The molecule has 0 spiro atoms. The van der Waals surface area contributed by atoms with Gasteiger partial charge in [-0.3, -0.25) is 0 Å². The minimum Gasteiger partial charge on any atom is -0.508 e. The van der Waals surface area contributed by atoms with Crippen molar-refractivity contribution in [3.8, 4) is 5.75 Å². The Morgan fingerprint density at radius 3 is 1.36 bits per heavy atom. The Morgan fingerprint density at radius 1 is 0.857 bits per heavy atom. The van der Waals surface area contributed by atoms with Crippen LogP contribution in [0.25, 0.3) is 0 Å². The Morgan fingerprint density at radius 2 is 1.14 bits per heavy atom. The quantitative estimate of drug-likeness (QED) is 0.646. The molecule has 1 heteroatoms. The minimum absolute atomic E-state index is 0.329. The van der Waals surface area contributed by atoms with Crippen LogP contribution in [0.1, 0.15) is 46.1 Å². The third-order valence-corrected chi connectivity index (χ3v) is 1.03. The Balaban J connectivity index is 0. The fourth-order valence-electron chi connectivity index (χ4n) is 0.545. The zero-order valence-corrected chi connectivity index (χ0v) is 10.2. The summed E-state index contributed by atoms with van der Waals surface area (Å²) in [5, 5.41) is 8.76. The van der Waals surface area contributed by atoms with Crippen molar-refractivity contribution in [2.75, 3.05) is 0 Å². The number of phenolic OH excluding ortho intramolecular Hbond substituents is 1. The molecule has 0 saturated carbocycles. The van der Waals surface area contributed by atoms with Crippen LogP contribution in [0.4, 0.5) is 0 Å². The van der Waals surface area contributed by atoms with E-state index in [2.05, 4.69) is 27.7 Å². The van der Waals surface area contributed by atoms with Gasteiger partial charge in [-0.15, -0.1) is 0 Å². The van der Waals surface area contributed by atoms with Crippen molar-refractivity contribution >= 4 is 0 Å². The van der Waals surface area contributed by atoms with E-state index in [0.29, 0.717) is 5.75 Å². The highest BCUT2D eigenvalue weighted by Crippen LogP contribution is 2.07. The summed E-state index contributed by atoms with van der Waals surface area (Å²) in [5.74, 6) is 0.329. The highest BCUT2D eigenvalue weighted by molar-refractivity contribution is 5.24. The summed E-state index contributed by atoms with van der Waals surface area (Å²) in [6.07, 6.45) is 2.50. The van der Waals surface area contributed by atoms with E-state index in [1.807, 2.05) is 19.1 Å². The van der Waals surface area contributed by atoms with Gasteiger partial charge in [-0.25, -0.2) is 0 Å². The van der Waals surface area contributed by atoms with Gasteiger partial charge in [0.25, 0.3) is 0 Å². The molecule has 0 unspecified atom stereocenters. The highest BCUT2D eigenvalue weighted by Gasteiger charge is 1.82. The molecule has 0 heterocycles. The van der Waals surface area contributed by atoms with E-state index in [1.54, 1.807) is 12.1 Å². The van der Waals surface area contributed by atoms with Crippen LogP contribution in [0.2, 0.25) is 0 Å². The van der Waals surface area contributed by atoms with Gasteiger partial charge in [0.1, 0.15) is 5.75 Å². The lowest BCUT2D eigenvalue weighted by Crippen LogP contribution is -1.66. The van der Waals surface area contributed by atoms with Crippen LogP contribution in [0.15, 0.2) is 24.3 Å². The zero-order valence-electron chi connectivity index (χ0n) is 10.2. The normalized spacial score (nSPS) is 7.79. The maximum Gasteiger partial charge on any atom is 0.115 e. The van der Waals surface area contributed by atoms with Gasteiger partial charge in [-0.2, -0.15) is 0 Å². The third-order valence-electron chi connectivity index (χ3n) is 1.03. The van der Waals surface area contributed by atoms with Crippen molar-refractivity contribution in [1.29, 1.82) is 0 Å². The van der Waals surface area contributed by atoms with E-state index in [0.717, 1.165) is 0 Å². The van der Waals surface area contributed by atoms with Crippen molar-refractivity contribution in [1.82, 2.24) is 0 Å². The average molecular weight is 196 g/mol. The maximum atomic E-state index is 8.76. The van der Waals surface area contributed by atoms with Crippen LogP contribution in [-0.4, -0.2) is 5.11 Å². The maximum absolute atomic E-state index is 8.76. The molecule has 0 radical (unpaired) electrons. The monoisotopic (exact) mass is 196 g/mol. The topological polar surface area (TPSA) is 20.2 Å². The second-order valence-corrected chi connectivity index (χ2v) is 3.25. The molecule has 0 amide bonds. The summed E-state index contributed by atoms with van der Waals surface area (Å²) in [6, 6.07) is 7.09. The molecule has 1 nitrogen and oxygen atoms in total. The van der Waals surface area contributed by atoms with Crippen LogP contribution in [0.5, 0.6) is 5.75 Å². The molecular formula is C13H24O. The SMILES string of the molecule is CCC.CCC.Cc1ccc(O)cc1. The fraction of sp³-hybridized carbons (Fsp3) is 0.538. The molecule has 0 saturated heterocycles. The molecule has 0 aliphatic carbocycles. The van der Waals surface area contributed by atoms with Crippen LogP contribution >= 0.6 is 0 Å². The predicted molar refractivity (Wildman–Crippen MR) is 64.8 cm³/mol. The molecule has 0 aliphatic rings. The van der Waals surface area contributed by atoms with E-state index in [1.165, 1.54) is 18.4 Å². The summed E-state index contributed by atoms with van der Waals surface area (Å²) in [5.41, 5.74) is 1.17. The lowest BCUT2D eigenvalue weighted by Gasteiger charge is -1.89. The second-order valence-electron chi connectivity index (χ2n) is 3.25. The van der Waals surface area contributed by atoms with Crippen LogP contribution in [0, 0.1) is 6.92 Å². The number of phenols is 1. The lowest BCUT2D eigenvalue weighted by molar-refractivity contribution is 0.475. The first-order valence-electron chi connectivity index (χ1n) is 5.37. The van der Waals surface area contributed by atoms with E-state index in [4.69, 9.17) is 5.11 Å². The number of hydrogen-bond donors (Lipinski definition) is 1. The van der Waals surface area contributed by atoms with Crippen molar-refractivity contribution in [3.63, 3.8) is 0 Å². The van der Waals surface area contributed by atoms with Crippen molar-refractivity contribution < 1.29 is 5.11 Å². The van der Waals surface area contributed by atoms with Crippen LogP contribution in [0.3, 0.4) is 0 Å². The average Bonchev–Trinajstić information content (AvgIpc) is 2.13. The van der Waals surface area contributed by atoms with Crippen molar-refractivity contribution in [2.24, 2.45) is 0 Å². The van der Waals surface area contributed by atoms with Crippen molar-refractivity contribution in [2.45, 2.75) is 47.5 Å². The standard InChI is InChI=1S/C7H8O.2C3H8/c1-6-2-4-7(8)5-3-6;2*1-3-2/h2-5,8H,1H3;2*3H2,1-2H3. The van der Waals surface area contributed by atoms with Crippen molar-refractivity contribution in [3.05, 3.63) is 29.8 Å². The van der Waals surface area contributed by atoms with Gasteiger partial charge in [0.15, 0.2) is 0 Å². The molecule has 14 heavy (non-hydrogen) atoms. The number of aryl methyl sites for hydroxylation is 1. The summed E-state index contributed by atoms with van der Waals surface area (Å²) >= 11 is 0. The van der Waals surface area contributed by atoms with Crippen LogP contribution in [-0.2, 0) is 0 Å². The van der Waals surface area contributed by atoms with Gasteiger partial charge < -0.3 is 5.11 Å². The number of hydrogen-bond acceptors (Lipinski definition) is 1. The van der Waals surface area contributed by atoms with Gasteiger partial charge in [-0.1, -0.05) is 58.2 Å². The van der Waals surface area contributed by atoms with Gasteiger partial charge in [0.2, 0.25) is 0 Å². The summed E-state index contributed by atoms with van der Waals surface area (Å²) in [6.45, 7) is 10.5. The molecule has 1 rings (SSSR count). The Labute approximate surface area is 88.8 Å². The second kappa shape index (κ2) is 12.0. The Kier molecular flexibility index (Phi) is 13.3. The fourth-order valence-corrected chi connectivity index (χ4v) is 0.545. The predicted octanol–water partition coefficient (Wildman–Crippen LogP) is 4.53. The first-order valence-corrected chi connectivity index (χ1v) is 5.37. The van der Waals surface area contributed by atoms with E-state index < -0.39 is 0 Å². The molecule has 0 aromatic heterocycles. The Hall–Kier alpha value is -0.980. The molecule has 0 bridgehead atoms. The first kappa shape index (κ1) is 15.5. The first-order chi connectivity index (χ1) is 6.62. The Bertz CT molecular complexity index is 166. The third kappa shape index (κ3) is 13.6. The van der Waals surface area contributed by atoms with E-state index in [9.17, 15) is 0 Å². The smallest absolute Gasteiger partial charge is 0.115 e. The summed E-state index contributed by atoms with van der Waals surface area (Å²) < 4.78 is 0. The number of benzene rings is 1. The molecule has 1 aromatic carbocycles. The van der Waals surface area contributed by atoms with Gasteiger partial charge in [0, 0.05) is 0 Å². The summed E-state index contributed by atoms with van der Waals surface area (Å²) in [7, 11) is 0. The molecule has 82 valence electrons. The van der Waals surface area contributed by atoms with Crippen LogP contribution < -0.4 is 0 Å². The minimum atomic E-state index is 0.329. The van der Waals surface area contributed by atoms with E-state index in [-0.39, 0.29) is 0 Å². The number of rotatable bonds is 0. The zero-order chi connectivity index (χ0) is 11.4. The van der Waals surface area contributed by atoms with E-state index >= 15 is 0 Å². The summed E-state index contributed by atoms with van der Waals surface area (Å²) in [4.78, 5) is 0. The molecule has 1 aromatic rings. The number of aromatic hydroxyl groups is 1. The van der Waals surface area contributed by atoms with Gasteiger partial charge in [0.05, 0.1) is 0 Å². The highest BCUT2D eigenvalue weighted by atomic mass is 16.3. The molecule has 0 fully saturated rings. The molecule has 0 atom stereocenters. The molecular weight excluding hydrogens is 172 g/mol. The van der Waals surface area contributed by atoms with Gasteiger partial charge in [-0.05, 0) is 19.1 Å². The lowest BCUT2D eigenvalue weighted by atomic mass is 10.2. The molecule has 1 N–H and O–H groups in total. The van der Waals surface area contributed by atoms with Gasteiger partial charge >= 0.3 is 0 Å². The largest absolute Gasteiger partial charge is 0.508 e.